The molecule has 0 aliphatic carbocycles. The second kappa shape index (κ2) is 6.01. The minimum Gasteiger partial charge on any atom is -0.230 e. The molecule has 18 heavy (non-hydrogen) atoms. The van der Waals surface area contributed by atoms with Crippen molar-refractivity contribution in [2.75, 3.05) is 18.1 Å². The number of nitrogens with zero attached hydrogens (tertiary/aromatic N) is 1. The maximum absolute atomic E-state index is 11.2. The van der Waals surface area contributed by atoms with Gasteiger partial charge in [0, 0.05) is 12.3 Å². The van der Waals surface area contributed by atoms with Crippen molar-refractivity contribution in [3.8, 4) is 0 Å². The normalized spacial score (nSPS) is 12.1. The summed E-state index contributed by atoms with van der Waals surface area (Å²) in [5, 5.41) is 0. The summed E-state index contributed by atoms with van der Waals surface area (Å²) in [5.74, 6) is 0.817. The molecule has 4 nitrogen and oxygen atoms in total. The summed E-state index contributed by atoms with van der Waals surface area (Å²) in [4.78, 5) is 4.47. The maximum Gasteiger partial charge on any atom is 0.211 e. The molecule has 0 unspecified atom stereocenters. The summed E-state index contributed by atoms with van der Waals surface area (Å²) in [6, 6.07) is 7.97. The molecule has 0 spiro atoms. The first-order chi connectivity index (χ1) is 8.61. The van der Waals surface area contributed by atoms with Gasteiger partial charge < -0.3 is 0 Å². The third-order valence-electron chi connectivity index (χ3n) is 2.30. The number of benzene rings is 1. The summed E-state index contributed by atoms with van der Waals surface area (Å²) in [6.45, 7) is 2.07. The van der Waals surface area contributed by atoms with E-state index in [1.165, 1.54) is 0 Å². The van der Waals surface area contributed by atoms with Crippen LogP contribution in [0, 0.1) is 0 Å². The Labute approximate surface area is 115 Å². The van der Waals surface area contributed by atoms with E-state index < -0.39 is 10.0 Å². The van der Waals surface area contributed by atoms with Crippen molar-refractivity contribution < 1.29 is 8.42 Å². The topological polar surface area (TPSA) is 59.1 Å². The lowest BCUT2D eigenvalue weighted by Crippen LogP contribution is -2.27. The lowest BCUT2D eigenvalue weighted by atomic mass is 10.3. The fourth-order valence-corrected chi connectivity index (χ4v) is 4.09. The van der Waals surface area contributed by atoms with Crippen molar-refractivity contribution in [3.63, 3.8) is 0 Å². The molecule has 0 fully saturated rings. The molecule has 1 aromatic heterocycles. The van der Waals surface area contributed by atoms with Gasteiger partial charge in [0.05, 0.1) is 16.0 Å². The van der Waals surface area contributed by atoms with Crippen molar-refractivity contribution in [2.24, 2.45) is 0 Å². The number of aromatic nitrogens is 1. The number of nitrogens with one attached hydrogen (secondary N) is 1. The molecular weight excluding hydrogens is 288 g/mol. The van der Waals surface area contributed by atoms with Crippen LogP contribution in [-0.4, -0.2) is 31.5 Å². The Morgan fingerprint density at radius 3 is 2.89 bits per heavy atom. The molecule has 0 atom stereocenters. The lowest BCUT2D eigenvalue weighted by molar-refractivity contribution is 0.585. The predicted molar refractivity (Wildman–Crippen MR) is 77.8 cm³/mol. The molecule has 2 aromatic rings. The lowest BCUT2D eigenvalue weighted by Gasteiger charge is -2.02. The van der Waals surface area contributed by atoms with E-state index in [1.807, 2.05) is 24.3 Å². The van der Waals surface area contributed by atoms with Gasteiger partial charge in [-0.3, -0.25) is 0 Å². The smallest absolute Gasteiger partial charge is 0.211 e. The molecular formula is C11H14N2O2S3. The van der Waals surface area contributed by atoms with E-state index in [9.17, 15) is 8.42 Å². The highest BCUT2D eigenvalue weighted by Crippen LogP contribution is 2.28. The van der Waals surface area contributed by atoms with Crippen LogP contribution in [0.15, 0.2) is 28.6 Å². The average molecular weight is 302 g/mol. The van der Waals surface area contributed by atoms with Gasteiger partial charge >= 0.3 is 0 Å². The first-order valence-electron chi connectivity index (χ1n) is 5.56. The van der Waals surface area contributed by atoms with Gasteiger partial charge in [-0.15, -0.1) is 11.3 Å². The highest BCUT2D eigenvalue weighted by atomic mass is 32.2. The number of thiazole rings is 1. The molecule has 98 valence electrons. The predicted octanol–water partition coefficient (Wildman–Crippen LogP) is 2.33. The van der Waals surface area contributed by atoms with Crippen LogP contribution in [0.25, 0.3) is 10.2 Å². The third-order valence-corrected chi connectivity index (χ3v) is 5.89. The largest absolute Gasteiger partial charge is 0.230 e. The zero-order valence-electron chi connectivity index (χ0n) is 9.92. The van der Waals surface area contributed by atoms with Crippen molar-refractivity contribution in [1.82, 2.24) is 9.71 Å². The van der Waals surface area contributed by atoms with Gasteiger partial charge in [0.25, 0.3) is 0 Å². The third kappa shape index (κ3) is 3.68. The summed E-state index contributed by atoms with van der Waals surface area (Å²) >= 11 is 3.21. The molecule has 0 saturated carbocycles. The molecule has 1 N–H and O–H groups in total. The van der Waals surface area contributed by atoms with E-state index in [0.29, 0.717) is 12.3 Å². The Kier molecular flexibility index (Phi) is 4.60. The van der Waals surface area contributed by atoms with Crippen molar-refractivity contribution in [3.05, 3.63) is 24.3 Å². The number of thioether (sulfide) groups is 1. The molecule has 0 aliphatic rings. The number of para-hydroxylation sites is 1. The van der Waals surface area contributed by atoms with E-state index in [-0.39, 0.29) is 5.75 Å². The fraction of sp³-hybridized carbons (Fsp3) is 0.364. The van der Waals surface area contributed by atoms with Gasteiger partial charge in [-0.05, 0) is 19.1 Å². The second-order valence-electron chi connectivity index (χ2n) is 3.59. The second-order valence-corrected chi connectivity index (χ2v) is 8.06. The van der Waals surface area contributed by atoms with E-state index >= 15 is 0 Å². The number of fused-ring (bicyclic) bond motifs is 1. The Bertz CT molecular complexity index is 589. The molecule has 1 heterocycles. The van der Waals surface area contributed by atoms with Gasteiger partial charge in [-0.1, -0.05) is 23.9 Å². The number of rotatable bonds is 6. The van der Waals surface area contributed by atoms with E-state index in [1.54, 1.807) is 30.0 Å². The molecule has 2 rings (SSSR count). The number of sulfonamides is 1. The highest BCUT2D eigenvalue weighted by Gasteiger charge is 2.06. The zero-order valence-corrected chi connectivity index (χ0v) is 12.4. The SMILES string of the molecule is CCS(=O)(=O)NCCSc1nc2ccccc2s1. The number of hydrogen-bond donors (Lipinski definition) is 1. The van der Waals surface area contributed by atoms with Crippen LogP contribution in [0.3, 0.4) is 0 Å². The standard InChI is InChI=1S/C11H14N2O2S3/c1-2-18(14,15)12-7-8-16-11-13-9-5-3-4-6-10(9)17-11/h3-6,12H,2,7-8H2,1H3. The van der Waals surface area contributed by atoms with Crippen LogP contribution in [-0.2, 0) is 10.0 Å². The van der Waals surface area contributed by atoms with Gasteiger partial charge in [0.1, 0.15) is 0 Å². The van der Waals surface area contributed by atoms with E-state index in [4.69, 9.17) is 0 Å². The maximum atomic E-state index is 11.2. The summed E-state index contributed by atoms with van der Waals surface area (Å²) in [7, 11) is -3.08. The fourth-order valence-electron chi connectivity index (χ4n) is 1.35. The van der Waals surface area contributed by atoms with Gasteiger partial charge in [0.2, 0.25) is 10.0 Å². The zero-order chi connectivity index (χ0) is 13.0. The Morgan fingerprint density at radius 1 is 1.39 bits per heavy atom. The van der Waals surface area contributed by atoms with Crippen molar-refractivity contribution >= 4 is 43.3 Å². The van der Waals surface area contributed by atoms with Gasteiger partial charge in [0.15, 0.2) is 4.34 Å². The van der Waals surface area contributed by atoms with Crippen LogP contribution in [0.2, 0.25) is 0 Å². The van der Waals surface area contributed by atoms with Crippen molar-refractivity contribution in [2.45, 2.75) is 11.3 Å². The van der Waals surface area contributed by atoms with Gasteiger partial charge in [-0.25, -0.2) is 18.1 Å². The summed E-state index contributed by atoms with van der Waals surface area (Å²) < 4.78 is 27.1. The Balaban J connectivity index is 1.87. The van der Waals surface area contributed by atoms with Gasteiger partial charge in [-0.2, -0.15) is 0 Å². The first-order valence-corrected chi connectivity index (χ1v) is 9.02. The Morgan fingerprint density at radius 2 is 2.17 bits per heavy atom. The quantitative estimate of drug-likeness (QED) is 0.657. The monoisotopic (exact) mass is 302 g/mol. The molecule has 0 amide bonds. The molecule has 0 radical (unpaired) electrons. The number of hydrogen-bond acceptors (Lipinski definition) is 5. The van der Waals surface area contributed by atoms with Crippen LogP contribution in [0.4, 0.5) is 0 Å². The molecule has 7 heteroatoms. The summed E-state index contributed by atoms with van der Waals surface area (Å²) in [5.41, 5.74) is 0.999. The first kappa shape index (κ1) is 13.8. The van der Waals surface area contributed by atoms with E-state index in [0.717, 1.165) is 14.6 Å². The molecule has 0 saturated heterocycles. The Hall–Kier alpha value is -0.630. The van der Waals surface area contributed by atoms with Crippen LogP contribution in [0.5, 0.6) is 0 Å². The summed E-state index contributed by atoms with van der Waals surface area (Å²) in [6.07, 6.45) is 0. The van der Waals surface area contributed by atoms with Crippen molar-refractivity contribution in [1.29, 1.82) is 0 Å². The average Bonchev–Trinajstić information content (AvgIpc) is 2.77. The molecule has 0 aliphatic heterocycles. The van der Waals surface area contributed by atoms with Crippen LogP contribution in [0.1, 0.15) is 6.92 Å². The minimum atomic E-state index is -3.08. The highest BCUT2D eigenvalue weighted by molar-refractivity contribution is 8.01. The molecule has 0 bridgehead atoms. The van der Waals surface area contributed by atoms with Crippen LogP contribution >= 0.6 is 23.1 Å². The van der Waals surface area contributed by atoms with E-state index in [2.05, 4.69) is 9.71 Å². The minimum absolute atomic E-state index is 0.124. The van der Waals surface area contributed by atoms with Crippen LogP contribution < -0.4 is 4.72 Å². The molecule has 1 aromatic carbocycles.